The number of alkyl halides is 3. The first kappa shape index (κ1) is 10.8. The second-order valence-electron chi connectivity index (χ2n) is 0.659. The van der Waals surface area contributed by atoms with Crippen LogP contribution in [0.5, 0.6) is 0 Å². The minimum Gasteiger partial charge on any atom is -0.299 e. The van der Waals surface area contributed by atoms with Crippen LogP contribution in [0.1, 0.15) is 0 Å². The maximum Gasteiger partial charge on any atom is 0.245 e. The second-order valence-corrected chi connectivity index (χ2v) is 3.03. The monoisotopic (exact) mass is 180 g/mol. The summed E-state index contributed by atoms with van der Waals surface area (Å²) in [5, 5.41) is 0. The van der Waals surface area contributed by atoms with E-state index in [2.05, 4.69) is 0 Å². The molecule has 1 nitrogen and oxygen atoms in total. The van der Waals surface area contributed by atoms with Crippen LogP contribution in [0.3, 0.4) is 0 Å². The van der Waals surface area contributed by atoms with Gasteiger partial charge >= 0.3 is 0 Å². The third kappa shape index (κ3) is 10.9. The Morgan fingerprint density at radius 1 is 1.29 bits per heavy atom. The SMILES string of the molecule is O=CC(Cl)(Cl)Cl.S. The summed E-state index contributed by atoms with van der Waals surface area (Å²) in [5.74, 6) is 0. The second kappa shape index (κ2) is 3.84. The minimum absolute atomic E-state index is 0. The van der Waals surface area contributed by atoms with Gasteiger partial charge in [-0.3, -0.25) is 4.79 Å². The average Bonchev–Trinajstić information content (AvgIpc) is 1.35. The maximum absolute atomic E-state index is 9.43. The van der Waals surface area contributed by atoms with E-state index in [0.29, 0.717) is 0 Å². The van der Waals surface area contributed by atoms with Gasteiger partial charge in [-0.15, -0.1) is 0 Å². The quantitative estimate of drug-likeness (QED) is 0.410. The van der Waals surface area contributed by atoms with Gasteiger partial charge in [0.2, 0.25) is 3.79 Å². The molecule has 0 aliphatic rings. The molecule has 0 aromatic carbocycles. The number of rotatable bonds is 0. The fraction of sp³-hybridized carbons (Fsp3) is 0.500. The highest BCUT2D eigenvalue weighted by Crippen LogP contribution is 2.21. The summed E-state index contributed by atoms with van der Waals surface area (Å²) in [7, 11) is 0. The largest absolute Gasteiger partial charge is 0.299 e. The molecule has 0 amide bonds. The molecular weight excluding hydrogens is 178 g/mol. The van der Waals surface area contributed by atoms with Crippen molar-refractivity contribution in [3.63, 3.8) is 0 Å². The Hall–Kier alpha value is 0.890. The zero-order valence-electron chi connectivity index (χ0n) is 3.12. The maximum atomic E-state index is 9.43. The van der Waals surface area contributed by atoms with Crippen molar-refractivity contribution >= 4 is 54.6 Å². The van der Waals surface area contributed by atoms with E-state index in [-0.39, 0.29) is 19.8 Å². The first-order chi connectivity index (χ1) is 2.56. The molecule has 7 heavy (non-hydrogen) atoms. The predicted molar refractivity (Wildman–Crippen MR) is 36.7 cm³/mol. The van der Waals surface area contributed by atoms with Crippen molar-refractivity contribution in [2.45, 2.75) is 3.79 Å². The number of aldehydes is 1. The molecule has 0 saturated carbocycles. The van der Waals surface area contributed by atoms with E-state index in [0.717, 1.165) is 0 Å². The van der Waals surface area contributed by atoms with Crippen molar-refractivity contribution in [1.82, 2.24) is 0 Å². The summed E-state index contributed by atoms with van der Waals surface area (Å²) in [6, 6.07) is 0. The number of hydrogen-bond acceptors (Lipinski definition) is 1. The highest BCUT2D eigenvalue weighted by atomic mass is 35.6. The van der Waals surface area contributed by atoms with Crippen LogP contribution in [0.2, 0.25) is 0 Å². The van der Waals surface area contributed by atoms with Crippen LogP contribution in [0.25, 0.3) is 0 Å². The molecule has 0 heterocycles. The van der Waals surface area contributed by atoms with Crippen molar-refractivity contribution in [3.05, 3.63) is 0 Å². The molecule has 0 fully saturated rings. The molecule has 0 spiro atoms. The summed E-state index contributed by atoms with van der Waals surface area (Å²) >= 11 is 14.6. The van der Waals surface area contributed by atoms with Gasteiger partial charge in [0.25, 0.3) is 0 Å². The molecule has 44 valence electrons. The van der Waals surface area contributed by atoms with Gasteiger partial charge in [-0.05, 0) is 0 Å². The third-order valence-electron chi connectivity index (χ3n) is 0.134. The Bertz CT molecular complexity index is 58.4. The van der Waals surface area contributed by atoms with E-state index in [1.54, 1.807) is 0 Å². The Labute approximate surface area is 63.4 Å². The molecule has 0 radical (unpaired) electrons. The third-order valence-corrected chi connectivity index (χ3v) is 0.401. The van der Waals surface area contributed by atoms with E-state index in [9.17, 15) is 4.79 Å². The van der Waals surface area contributed by atoms with Crippen molar-refractivity contribution in [3.8, 4) is 0 Å². The first-order valence-corrected chi connectivity index (χ1v) is 2.23. The molecule has 0 atom stereocenters. The Morgan fingerprint density at radius 3 is 1.43 bits per heavy atom. The van der Waals surface area contributed by atoms with Crippen LogP contribution in [0.4, 0.5) is 0 Å². The van der Waals surface area contributed by atoms with Gasteiger partial charge in [-0.2, -0.15) is 13.5 Å². The summed E-state index contributed by atoms with van der Waals surface area (Å²) < 4.78 is -1.72. The lowest BCUT2D eigenvalue weighted by Crippen LogP contribution is -2.00. The number of hydrogen-bond donors (Lipinski definition) is 0. The van der Waals surface area contributed by atoms with Crippen molar-refractivity contribution in [2.75, 3.05) is 0 Å². The highest BCUT2D eigenvalue weighted by Gasteiger charge is 2.16. The molecule has 0 aliphatic heterocycles. The van der Waals surface area contributed by atoms with E-state index in [1.807, 2.05) is 0 Å². The molecular formula is C2H3Cl3OS. The minimum atomic E-state index is -1.72. The first-order valence-electron chi connectivity index (χ1n) is 1.09. The molecule has 0 aromatic rings. The molecule has 0 aliphatic carbocycles. The summed E-state index contributed by atoms with van der Waals surface area (Å²) in [5.41, 5.74) is 0. The average molecular weight is 181 g/mol. The highest BCUT2D eigenvalue weighted by molar-refractivity contribution is 7.59. The van der Waals surface area contributed by atoms with Gasteiger partial charge in [0, 0.05) is 0 Å². The van der Waals surface area contributed by atoms with Crippen LogP contribution in [-0.4, -0.2) is 10.1 Å². The summed E-state index contributed by atoms with van der Waals surface area (Å²) in [4.78, 5) is 9.43. The lowest BCUT2D eigenvalue weighted by atomic mass is 10.9. The standard InChI is InChI=1S/C2HCl3O.H2S/c3-2(4,5)1-6;/h1H;1H2. The molecule has 0 unspecified atom stereocenters. The van der Waals surface area contributed by atoms with E-state index < -0.39 is 3.79 Å². The van der Waals surface area contributed by atoms with Crippen LogP contribution in [-0.2, 0) is 4.79 Å². The van der Waals surface area contributed by atoms with Crippen LogP contribution in [0.15, 0.2) is 0 Å². The van der Waals surface area contributed by atoms with Gasteiger partial charge in [0.15, 0.2) is 6.29 Å². The van der Waals surface area contributed by atoms with Gasteiger partial charge in [-0.25, -0.2) is 0 Å². The van der Waals surface area contributed by atoms with Crippen LogP contribution >= 0.6 is 48.3 Å². The smallest absolute Gasteiger partial charge is 0.245 e. The summed E-state index contributed by atoms with van der Waals surface area (Å²) in [6.07, 6.45) is 0.234. The molecule has 0 aromatic heterocycles. The zero-order valence-corrected chi connectivity index (χ0v) is 6.39. The Kier molecular flexibility index (Phi) is 5.92. The van der Waals surface area contributed by atoms with Gasteiger partial charge < -0.3 is 0 Å². The van der Waals surface area contributed by atoms with E-state index in [1.165, 1.54) is 0 Å². The van der Waals surface area contributed by atoms with E-state index >= 15 is 0 Å². The molecule has 0 rings (SSSR count). The van der Waals surface area contributed by atoms with Crippen LogP contribution < -0.4 is 0 Å². The van der Waals surface area contributed by atoms with Crippen molar-refractivity contribution in [1.29, 1.82) is 0 Å². The van der Waals surface area contributed by atoms with Gasteiger partial charge in [0.05, 0.1) is 0 Å². The molecule has 0 saturated heterocycles. The topological polar surface area (TPSA) is 17.1 Å². The van der Waals surface area contributed by atoms with Gasteiger partial charge in [-0.1, -0.05) is 34.8 Å². The van der Waals surface area contributed by atoms with Crippen molar-refractivity contribution < 1.29 is 4.79 Å². The van der Waals surface area contributed by atoms with Gasteiger partial charge in [0.1, 0.15) is 0 Å². The fourth-order valence-corrected chi connectivity index (χ4v) is 0. The fourth-order valence-electron chi connectivity index (χ4n) is 0. The Morgan fingerprint density at radius 2 is 1.43 bits per heavy atom. The molecule has 5 heteroatoms. The zero-order chi connectivity index (χ0) is 5.21. The Balaban J connectivity index is 0. The van der Waals surface area contributed by atoms with Crippen molar-refractivity contribution in [2.24, 2.45) is 0 Å². The molecule has 0 N–H and O–H groups in total. The summed E-state index contributed by atoms with van der Waals surface area (Å²) in [6.45, 7) is 0. The molecule has 0 bridgehead atoms. The predicted octanol–water partition coefficient (Wildman–Crippen LogP) is 1.67. The van der Waals surface area contributed by atoms with Crippen LogP contribution in [0, 0.1) is 0 Å². The number of carbonyl (C=O) groups excluding carboxylic acids is 1. The number of halogens is 3. The van der Waals surface area contributed by atoms with E-state index in [4.69, 9.17) is 34.8 Å². The normalized spacial score (nSPS) is 9.57. The lowest BCUT2D eigenvalue weighted by Gasteiger charge is -1.93. The number of carbonyl (C=O) groups is 1. The lowest BCUT2D eigenvalue weighted by molar-refractivity contribution is -0.107.